The number of likely N-dealkylation sites (tertiary alicyclic amines) is 2. The van der Waals surface area contributed by atoms with Crippen molar-refractivity contribution in [1.29, 1.82) is 0 Å². The highest BCUT2D eigenvalue weighted by Gasteiger charge is 2.67. The molecule has 2 bridgehead atoms. The Hall–Kier alpha value is -2.28. The number of imide groups is 1. The van der Waals surface area contributed by atoms with Gasteiger partial charge in [0.15, 0.2) is 0 Å². The summed E-state index contributed by atoms with van der Waals surface area (Å²) in [6.45, 7) is 3.77. The lowest BCUT2D eigenvalue weighted by Crippen LogP contribution is -2.43. The Kier molecular flexibility index (Phi) is 5.91. The molecule has 2 heterocycles. The number of nitrogens with zero attached hydrogens (tertiary/aromatic N) is 2. The highest BCUT2D eigenvalue weighted by molar-refractivity contribution is 6.06. The van der Waals surface area contributed by atoms with Crippen molar-refractivity contribution in [3.63, 3.8) is 0 Å². The number of amides is 2. The molecular formula is C31H38N2O4. The van der Waals surface area contributed by atoms with Crippen molar-refractivity contribution < 1.29 is 19.8 Å². The van der Waals surface area contributed by atoms with Gasteiger partial charge in [0.25, 0.3) is 0 Å². The third kappa shape index (κ3) is 3.78. The predicted molar refractivity (Wildman–Crippen MR) is 141 cm³/mol. The van der Waals surface area contributed by atoms with Crippen molar-refractivity contribution in [3.05, 3.63) is 48.0 Å². The van der Waals surface area contributed by atoms with Crippen molar-refractivity contribution in [3.8, 4) is 0 Å². The smallest absolute Gasteiger partial charge is 0.233 e. The van der Waals surface area contributed by atoms with E-state index in [1.807, 2.05) is 0 Å². The van der Waals surface area contributed by atoms with E-state index in [1.165, 1.54) is 40.5 Å². The number of hydrogen-bond donors (Lipinski definition) is 2. The molecule has 2 N–H and O–H groups in total. The number of aliphatic hydroxyl groups excluding tert-OH is 2. The van der Waals surface area contributed by atoms with Gasteiger partial charge in [-0.2, -0.15) is 0 Å². The molecule has 3 aliphatic carbocycles. The standard InChI is InChI=1S/C31H38N2O4/c34-28-24-15-25(29(28)35)27-26(24)30(36)33(31(27)37)17-21-8-3-7-20(21)16-32-13-11-19(12-14-32)23-10-4-6-18-5-1-2-9-22(18)23/h1-2,4-6,9-10,19-21,24-29,34-35H,3,7-8,11-17H2/t20-,21-,24?,25?,26?,27?,28?,29?/m1/s1. The van der Waals surface area contributed by atoms with Crippen LogP contribution < -0.4 is 0 Å². The molecule has 2 amide bonds. The number of hydrogen-bond acceptors (Lipinski definition) is 5. The Bertz CT molecular complexity index is 1170. The van der Waals surface area contributed by atoms with Crippen LogP contribution in [0.3, 0.4) is 0 Å². The lowest BCUT2D eigenvalue weighted by molar-refractivity contribution is -0.142. The van der Waals surface area contributed by atoms with E-state index in [1.54, 1.807) is 0 Å². The van der Waals surface area contributed by atoms with Gasteiger partial charge in [-0.05, 0) is 79.3 Å². The molecule has 2 aliphatic heterocycles. The van der Waals surface area contributed by atoms with Crippen LogP contribution in [0.25, 0.3) is 10.8 Å². The fraction of sp³-hybridized carbons (Fsp3) is 0.613. The van der Waals surface area contributed by atoms with Gasteiger partial charge in [0, 0.05) is 24.9 Å². The average molecular weight is 503 g/mol. The van der Waals surface area contributed by atoms with E-state index in [2.05, 4.69) is 47.4 Å². The molecule has 3 saturated carbocycles. The maximum absolute atomic E-state index is 13.3. The number of fused-ring (bicyclic) bond motifs is 6. The van der Waals surface area contributed by atoms with E-state index in [9.17, 15) is 19.8 Å². The molecule has 0 aromatic heterocycles. The van der Waals surface area contributed by atoms with Gasteiger partial charge >= 0.3 is 0 Å². The van der Waals surface area contributed by atoms with Gasteiger partial charge in [0.05, 0.1) is 24.0 Å². The Morgan fingerprint density at radius 2 is 1.38 bits per heavy atom. The first-order chi connectivity index (χ1) is 18.0. The van der Waals surface area contributed by atoms with E-state index in [4.69, 9.17) is 0 Å². The summed E-state index contributed by atoms with van der Waals surface area (Å²) in [6.07, 6.45) is 4.62. The number of piperidine rings is 1. The first-order valence-electron chi connectivity index (χ1n) is 14.4. The first kappa shape index (κ1) is 23.8. The molecule has 0 radical (unpaired) electrons. The van der Waals surface area contributed by atoms with Gasteiger partial charge in [-0.25, -0.2) is 0 Å². The van der Waals surface area contributed by atoms with Crippen LogP contribution in [0, 0.1) is 35.5 Å². The Balaban J connectivity index is 0.980. The summed E-state index contributed by atoms with van der Waals surface area (Å²) in [4.78, 5) is 30.7. The van der Waals surface area contributed by atoms with Crippen molar-refractivity contribution in [2.45, 2.75) is 56.7 Å². The second kappa shape index (κ2) is 9.18. The zero-order valence-electron chi connectivity index (χ0n) is 21.4. The van der Waals surface area contributed by atoms with Crippen LogP contribution in [0.4, 0.5) is 0 Å². The maximum Gasteiger partial charge on any atom is 0.233 e. The molecule has 7 rings (SSSR count). The van der Waals surface area contributed by atoms with Crippen LogP contribution in [0.2, 0.25) is 0 Å². The van der Waals surface area contributed by atoms with Gasteiger partial charge in [-0.3, -0.25) is 14.5 Å². The maximum atomic E-state index is 13.3. The van der Waals surface area contributed by atoms with Crippen LogP contribution >= 0.6 is 0 Å². The summed E-state index contributed by atoms with van der Waals surface area (Å²) >= 11 is 0. The average Bonchev–Trinajstić information content (AvgIpc) is 3.66. The van der Waals surface area contributed by atoms with Crippen molar-refractivity contribution in [2.75, 3.05) is 26.2 Å². The summed E-state index contributed by atoms with van der Waals surface area (Å²) in [5.41, 5.74) is 1.48. The van der Waals surface area contributed by atoms with E-state index in [0.29, 0.717) is 30.7 Å². The van der Waals surface area contributed by atoms with Crippen LogP contribution in [-0.2, 0) is 9.59 Å². The lowest BCUT2D eigenvalue weighted by atomic mass is 9.78. The molecule has 2 aromatic rings. The topological polar surface area (TPSA) is 81.1 Å². The minimum absolute atomic E-state index is 0.0880. The molecule has 0 spiro atoms. The molecule has 196 valence electrons. The summed E-state index contributed by atoms with van der Waals surface area (Å²) in [6, 6.07) is 15.4. The van der Waals surface area contributed by atoms with Gasteiger partial charge < -0.3 is 15.1 Å². The summed E-state index contributed by atoms with van der Waals surface area (Å²) < 4.78 is 0. The minimum Gasteiger partial charge on any atom is -0.390 e. The summed E-state index contributed by atoms with van der Waals surface area (Å²) in [5, 5.41) is 23.4. The lowest BCUT2D eigenvalue weighted by Gasteiger charge is -2.36. The van der Waals surface area contributed by atoms with Crippen LogP contribution in [0.15, 0.2) is 42.5 Å². The highest BCUT2D eigenvalue weighted by Crippen LogP contribution is 2.56. The van der Waals surface area contributed by atoms with E-state index >= 15 is 0 Å². The first-order valence-corrected chi connectivity index (χ1v) is 14.4. The predicted octanol–water partition coefficient (Wildman–Crippen LogP) is 3.41. The molecule has 5 aliphatic rings. The molecule has 37 heavy (non-hydrogen) atoms. The second-order valence-electron chi connectivity index (χ2n) is 12.5. The van der Waals surface area contributed by atoms with Gasteiger partial charge in [0.2, 0.25) is 11.8 Å². The minimum atomic E-state index is -0.862. The SMILES string of the molecule is O=C1C2C3CC(C(O)C3O)C2C(=O)N1C[C@H]1CCC[C@@H]1CN1CCC(c2cccc3ccccc23)CC1. The van der Waals surface area contributed by atoms with E-state index in [-0.39, 0.29) is 23.7 Å². The third-order valence-electron chi connectivity index (χ3n) is 10.8. The zero-order chi connectivity index (χ0) is 25.3. The molecule has 6 nitrogen and oxygen atoms in total. The van der Waals surface area contributed by atoms with E-state index < -0.39 is 24.0 Å². The monoisotopic (exact) mass is 502 g/mol. The largest absolute Gasteiger partial charge is 0.390 e. The molecule has 5 fully saturated rings. The van der Waals surface area contributed by atoms with Crippen LogP contribution in [0.5, 0.6) is 0 Å². The molecule has 8 atom stereocenters. The van der Waals surface area contributed by atoms with E-state index in [0.717, 1.165) is 32.5 Å². The number of rotatable bonds is 5. The summed E-state index contributed by atoms with van der Waals surface area (Å²) in [5.74, 6) is -0.0412. The number of carbonyl (C=O) groups is 2. The highest BCUT2D eigenvalue weighted by atomic mass is 16.3. The van der Waals surface area contributed by atoms with Crippen LogP contribution in [-0.4, -0.2) is 70.2 Å². The van der Waals surface area contributed by atoms with Crippen LogP contribution in [0.1, 0.15) is 50.0 Å². The Labute approximate surface area is 218 Å². The van der Waals surface area contributed by atoms with Crippen molar-refractivity contribution in [2.24, 2.45) is 35.5 Å². The third-order valence-corrected chi connectivity index (χ3v) is 10.8. The normalized spacial score (nSPS) is 38.3. The Morgan fingerprint density at radius 3 is 2.08 bits per heavy atom. The molecule has 6 heteroatoms. The van der Waals surface area contributed by atoms with Crippen molar-refractivity contribution >= 4 is 22.6 Å². The summed E-state index contributed by atoms with van der Waals surface area (Å²) in [7, 11) is 0. The second-order valence-corrected chi connectivity index (χ2v) is 12.5. The number of aliphatic hydroxyl groups is 2. The van der Waals surface area contributed by atoms with Gasteiger partial charge in [-0.15, -0.1) is 0 Å². The van der Waals surface area contributed by atoms with Gasteiger partial charge in [-0.1, -0.05) is 48.9 Å². The van der Waals surface area contributed by atoms with Gasteiger partial charge in [0.1, 0.15) is 0 Å². The molecule has 2 aromatic carbocycles. The quantitative estimate of drug-likeness (QED) is 0.613. The zero-order valence-corrected chi connectivity index (χ0v) is 21.4. The Morgan fingerprint density at radius 1 is 0.757 bits per heavy atom. The fourth-order valence-corrected chi connectivity index (χ4v) is 8.87. The molecule has 6 unspecified atom stereocenters. The molecule has 2 saturated heterocycles. The number of benzene rings is 2. The fourth-order valence-electron chi connectivity index (χ4n) is 8.87. The van der Waals surface area contributed by atoms with Crippen molar-refractivity contribution in [1.82, 2.24) is 9.80 Å². The number of carbonyl (C=O) groups excluding carboxylic acids is 2. The molecular weight excluding hydrogens is 464 g/mol.